The molecule has 1 rings (SSSR count). The number of rotatable bonds is 8. The molecule has 1 aromatic carbocycles. The molecule has 0 aliphatic rings. The highest BCUT2D eigenvalue weighted by atomic mass is 16.5. The zero-order valence-corrected chi connectivity index (χ0v) is 12.1. The SMILES string of the molecule is COc1ccc(C=CC(=O)O)c(OCCCN(C)C)c1. The highest BCUT2D eigenvalue weighted by molar-refractivity contribution is 5.86. The molecule has 0 fully saturated rings. The van der Waals surface area contributed by atoms with E-state index in [4.69, 9.17) is 14.6 Å². The van der Waals surface area contributed by atoms with Gasteiger partial charge in [-0.3, -0.25) is 0 Å². The van der Waals surface area contributed by atoms with E-state index < -0.39 is 5.97 Å². The van der Waals surface area contributed by atoms with E-state index in [-0.39, 0.29) is 0 Å². The van der Waals surface area contributed by atoms with Gasteiger partial charge in [-0.25, -0.2) is 4.79 Å². The molecule has 110 valence electrons. The predicted octanol–water partition coefficient (Wildman–Crippen LogP) is 2.12. The summed E-state index contributed by atoms with van der Waals surface area (Å²) in [6, 6.07) is 5.31. The number of carbonyl (C=O) groups is 1. The average Bonchev–Trinajstić information content (AvgIpc) is 2.41. The van der Waals surface area contributed by atoms with E-state index in [2.05, 4.69) is 4.90 Å². The maximum atomic E-state index is 10.6. The molecule has 20 heavy (non-hydrogen) atoms. The second kappa shape index (κ2) is 8.22. The molecule has 0 unspecified atom stereocenters. The fourth-order valence-corrected chi connectivity index (χ4v) is 1.63. The summed E-state index contributed by atoms with van der Waals surface area (Å²) in [5.74, 6) is 0.320. The van der Waals surface area contributed by atoms with Crippen molar-refractivity contribution in [3.63, 3.8) is 0 Å². The van der Waals surface area contributed by atoms with Gasteiger partial charge in [0.05, 0.1) is 13.7 Å². The average molecular weight is 279 g/mol. The largest absolute Gasteiger partial charge is 0.497 e. The normalized spacial score (nSPS) is 11.0. The molecule has 0 aromatic heterocycles. The number of hydrogen-bond donors (Lipinski definition) is 1. The Balaban J connectivity index is 2.75. The van der Waals surface area contributed by atoms with Crippen molar-refractivity contribution in [2.75, 3.05) is 34.4 Å². The van der Waals surface area contributed by atoms with Crippen LogP contribution in [0.4, 0.5) is 0 Å². The lowest BCUT2D eigenvalue weighted by Gasteiger charge is -2.13. The van der Waals surface area contributed by atoms with Gasteiger partial charge in [0.25, 0.3) is 0 Å². The Hall–Kier alpha value is -2.01. The fraction of sp³-hybridized carbons (Fsp3) is 0.400. The monoisotopic (exact) mass is 279 g/mol. The maximum Gasteiger partial charge on any atom is 0.328 e. The summed E-state index contributed by atoms with van der Waals surface area (Å²) in [7, 11) is 5.59. The maximum absolute atomic E-state index is 10.6. The zero-order chi connectivity index (χ0) is 15.0. The minimum absolute atomic E-state index is 0.569. The topological polar surface area (TPSA) is 59.0 Å². The Bertz CT molecular complexity index is 469. The number of ether oxygens (including phenoxy) is 2. The molecule has 0 amide bonds. The van der Waals surface area contributed by atoms with Gasteiger partial charge < -0.3 is 19.5 Å². The van der Waals surface area contributed by atoms with Crippen molar-refractivity contribution in [2.45, 2.75) is 6.42 Å². The molecule has 0 aliphatic carbocycles. The molecule has 0 atom stereocenters. The minimum atomic E-state index is -0.987. The first-order valence-corrected chi connectivity index (χ1v) is 6.39. The van der Waals surface area contributed by atoms with Gasteiger partial charge in [-0.1, -0.05) is 0 Å². The third-order valence-corrected chi connectivity index (χ3v) is 2.63. The quantitative estimate of drug-likeness (QED) is 0.583. The van der Waals surface area contributed by atoms with Gasteiger partial charge in [-0.2, -0.15) is 0 Å². The number of aliphatic carboxylic acids is 1. The zero-order valence-electron chi connectivity index (χ0n) is 12.1. The Kier molecular flexibility index (Phi) is 6.59. The summed E-state index contributed by atoms with van der Waals surface area (Å²) in [6.45, 7) is 1.50. The molecule has 0 spiro atoms. The van der Waals surface area contributed by atoms with E-state index in [1.54, 1.807) is 25.3 Å². The first-order valence-electron chi connectivity index (χ1n) is 6.39. The van der Waals surface area contributed by atoms with Crippen molar-refractivity contribution < 1.29 is 19.4 Å². The second-order valence-electron chi connectivity index (χ2n) is 4.58. The highest BCUT2D eigenvalue weighted by Crippen LogP contribution is 2.26. The van der Waals surface area contributed by atoms with Gasteiger partial charge >= 0.3 is 5.97 Å². The van der Waals surface area contributed by atoms with Gasteiger partial charge in [0.15, 0.2) is 0 Å². The summed E-state index contributed by atoms with van der Waals surface area (Å²) in [5.41, 5.74) is 0.720. The first-order chi connectivity index (χ1) is 9.52. The Labute approximate surface area is 119 Å². The van der Waals surface area contributed by atoms with Crippen molar-refractivity contribution in [2.24, 2.45) is 0 Å². The number of carboxylic acids is 1. The molecule has 0 heterocycles. The van der Waals surface area contributed by atoms with Crippen LogP contribution in [0.2, 0.25) is 0 Å². The molecule has 1 N–H and O–H groups in total. The van der Waals surface area contributed by atoms with E-state index in [1.165, 1.54) is 6.08 Å². The molecular weight excluding hydrogens is 258 g/mol. The van der Waals surface area contributed by atoms with E-state index >= 15 is 0 Å². The van der Waals surface area contributed by atoms with E-state index in [9.17, 15) is 4.79 Å². The van der Waals surface area contributed by atoms with Crippen LogP contribution < -0.4 is 9.47 Å². The van der Waals surface area contributed by atoms with E-state index in [0.717, 1.165) is 24.6 Å². The van der Waals surface area contributed by atoms with Crippen LogP contribution in [0.15, 0.2) is 24.3 Å². The van der Waals surface area contributed by atoms with Crippen molar-refractivity contribution in [1.82, 2.24) is 4.90 Å². The third kappa shape index (κ3) is 5.75. The lowest BCUT2D eigenvalue weighted by Crippen LogP contribution is -2.15. The van der Waals surface area contributed by atoms with Crippen LogP contribution in [0.1, 0.15) is 12.0 Å². The summed E-state index contributed by atoms with van der Waals surface area (Å²) >= 11 is 0. The molecule has 0 saturated heterocycles. The molecule has 5 heteroatoms. The molecule has 0 saturated carbocycles. The van der Waals surface area contributed by atoms with Crippen LogP contribution in [0, 0.1) is 0 Å². The van der Waals surface area contributed by atoms with Crippen LogP contribution in [-0.4, -0.2) is 50.3 Å². The fourth-order valence-electron chi connectivity index (χ4n) is 1.63. The first kappa shape index (κ1) is 16.0. The predicted molar refractivity (Wildman–Crippen MR) is 78.3 cm³/mol. The third-order valence-electron chi connectivity index (χ3n) is 2.63. The van der Waals surface area contributed by atoms with Gasteiger partial charge in [-0.15, -0.1) is 0 Å². The molecule has 5 nitrogen and oxygen atoms in total. The minimum Gasteiger partial charge on any atom is -0.497 e. The van der Waals surface area contributed by atoms with Gasteiger partial charge in [0.1, 0.15) is 11.5 Å². The summed E-state index contributed by atoms with van der Waals surface area (Å²) in [4.78, 5) is 12.7. The molecule has 0 aliphatic heterocycles. The number of benzene rings is 1. The van der Waals surface area contributed by atoms with Crippen LogP contribution in [0.3, 0.4) is 0 Å². The second-order valence-corrected chi connectivity index (χ2v) is 4.58. The van der Waals surface area contributed by atoms with Crippen molar-refractivity contribution >= 4 is 12.0 Å². The van der Waals surface area contributed by atoms with Gasteiger partial charge in [-0.05, 0) is 38.7 Å². The van der Waals surface area contributed by atoms with Gasteiger partial charge in [0, 0.05) is 24.3 Å². The smallest absolute Gasteiger partial charge is 0.328 e. The Morgan fingerprint density at radius 3 is 2.75 bits per heavy atom. The van der Waals surface area contributed by atoms with Crippen molar-refractivity contribution in [3.05, 3.63) is 29.8 Å². The van der Waals surface area contributed by atoms with Crippen molar-refractivity contribution in [1.29, 1.82) is 0 Å². The lowest BCUT2D eigenvalue weighted by molar-refractivity contribution is -0.131. The van der Waals surface area contributed by atoms with E-state index in [1.807, 2.05) is 14.1 Å². The molecule has 0 radical (unpaired) electrons. The van der Waals surface area contributed by atoms with E-state index in [0.29, 0.717) is 18.1 Å². The molecule has 1 aromatic rings. The van der Waals surface area contributed by atoms with Crippen LogP contribution in [-0.2, 0) is 4.79 Å². The molecule has 0 bridgehead atoms. The number of methoxy groups -OCH3 is 1. The number of carboxylic acid groups (broad SMARTS) is 1. The van der Waals surface area contributed by atoms with Gasteiger partial charge in [0.2, 0.25) is 0 Å². The van der Waals surface area contributed by atoms with Crippen LogP contribution in [0.5, 0.6) is 11.5 Å². The Morgan fingerprint density at radius 1 is 1.40 bits per heavy atom. The number of hydrogen-bond acceptors (Lipinski definition) is 4. The molecular formula is C15H21NO4. The van der Waals surface area contributed by atoms with Crippen LogP contribution in [0.25, 0.3) is 6.08 Å². The summed E-state index contributed by atoms with van der Waals surface area (Å²) < 4.78 is 10.9. The number of nitrogens with zero attached hydrogens (tertiary/aromatic N) is 1. The lowest BCUT2D eigenvalue weighted by atomic mass is 10.1. The summed E-state index contributed by atoms with van der Waals surface area (Å²) in [5, 5.41) is 8.68. The summed E-state index contributed by atoms with van der Waals surface area (Å²) in [6.07, 6.45) is 3.50. The Morgan fingerprint density at radius 2 is 2.15 bits per heavy atom. The standard InChI is InChI=1S/C15H21NO4/c1-16(2)9-4-10-20-14-11-13(19-3)7-5-12(14)6-8-15(17)18/h5-8,11H,4,9-10H2,1-3H3,(H,17,18). The highest BCUT2D eigenvalue weighted by Gasteiger charge is 2.04. The van der Waals surface area contributed by atoms with Crippen LogP contribution >= 0.6 is 0 Å². The van der Waals surface area contributed by atoms with Crippen molar-refractivity contribution in [3.8, 4) is 11.5 Å².